The Labute approximate surface area is 128 Å². The lowest BCUT2D eigenvalue weighted by atomic mass is 10.0. The third-order valence-corrected chi connectivity index (χ3v) is 4.90. The molecule has 0 radical (unpaired) electrons. The molecule has 1 unspecified atom stereocenters. The van der Waals surface area contributed by atoms with Crippen LogP contribution in [0, 0.1) is 5.82 Å². The van der Waals surface area contributed by atoms with Crippen LogP contribution in [0.2, 0.25) is 0 Å². The van der Waals surface area contributed by atoms with Crippen LogP contribution in [0.4, 0.5) is 17.6 Å². The Bertz CT molecular complexity index is 697. The molecule has 3 rings (SSSR count). The summed E-state index contributed by atoms with van der Waals surface area (Å²) >= 11 is 7.47. The van der Waals surface area contributed by atoms with E-state index >= 15 is 0 Å². The second-order valence-electron chi connectivity index (χ2n) is 4.78. The first-order valence-corrected chi connectivity index (χ1v) is 7.41. The molecule has 21 heavy (non-hydrogen) atoms. The smallest absolute Gasteiger partial charge is 0.207 e. The first-order chi connectivity index (χ1) is 9.84. The molecule has 0 spiro atoms. The quantitative estimate of drug-likeness (QED) is 0.432. The van der Waals surface area contributed by atoms with Crippen LogP contribution in [0.5, 0.6) is 0 Å². The summed E-state index contributed by atoms with van der Waals surface area (Å²) in [6, 6.07) is 7.81. The van der Waals surface area contributed by atoms with Crippen LogP contribution in [0.15, 0.2) is 46.2 Å². The van der Waals surface area contributed by atoms with E-state index in [0.29, 0.717) is 21.8 Å². The first-order valence-electron chi connectivity index (χ1n) is 6.16. The summed E-state index contributed by atoms with van der Waals surface area (Å²) < 4.78 is 51.7. The molecule has 0 saturated heterocycles. The molecule has 1 atom stereocenters. The second-order valence-corrected chi connectivity index (χ2v) is 6.39. The predicted octanol–water partition coefficient (Wildman–Crippen LogP) is 5.83. The van der Waals surface area contributed by atoms with E-state index in [-0.39, 0.29) is 0 Å². The van der Waals surface area contributed by atoms with Gasteiger partial charge in [-0.05, 0) is 47.9 Å². The highest BCUT2D eigenvalue weighted by Gasteiger charge is 2.32. The fraction of sp³-hybridized carbons (Fsp3) is 0.200. The van der Waals surface area contributed by atoms with Crippen molar-refractivity contribution in [2.75, 3.05) is 0 Å². The van der Waals surface area contributed by atoms with E-state index in [9.17, 15) is 17.6 Å². The molecule has 0 fully saturated rings. The van der Waals surface area contributed by atoms with Crippen molar-refractivity contribution in [3.63, 3.8) is 0 Å². The van der Waals surface area contributed by atoms with E-state index in [4.69, 9.17) is 11.6 Å². The number of rotatable bonds is 0. The molecule has 0 aromatic heterocycles. The molecular formula is C15H9ClF4S. The van der Waals surface area contributed by atoms with Gasteiger partial charge in [-0.1, -0.05) is 17.8 Å². The van der Waals surface area contributed by atoms with Crippen molar-refractivity contribution < 1.29 is 17.6 Å². The molecule has 0 aliphatic carbocycles. The highest BCUT2D eigenvalue weighted by atomic mass is 35.5. The fourth-order valence-electron chi connectivity index (χ4n) is 2.27. The van der Waals surface area contributed by atoms with Gasteiger partial charge in [-0.2, -0.15) is 13.2 Å². The van der Waals surface area contributed by atoms with Gasteiger partial charge < -0.3 is 0 Å². The van der Waals surface area contributed by atoms with Gasteiger partial charge in [0.1, 0.15) is 5.82 Å². The Kier molecular flexibility index (Phi) is 3.66. The normalized spacial score (nSPS) is 17.9. The zero-order valence-electron chi connectivity index (χ0n) is 10.5. The van der Waals surface area contributed by atoms with Crippen molar-refractivity contribution in [1.29, 1.82) is 0 Å². The SMILES string of the molecule is Fc1ccc2c(c1)C(Cl)Cc1ccc(C(F)(F)F)cc1S2. The van der Waals surface area contributed by atoms with Gasteiger partial charge in [0.05, 0.1) is 10.9 Å². The highest BCUT2D eigenvalue weighted by molar-refractivity contribution is 7.99. The molecule has 1 aliphatic rings. The van der Waals surface area contributed by atoms with Gasteiger partial charge in [0, 0.05) is 9.79 Å². The minimum atomic E-state index is -4.38. The summed E-state index contributed by atoms with van der Waals surface area (Å²) in [6.45, 7) is 0. The van der Waals surface area contributed by atoms with Gasteiger partial charge in [0.2, 0.25) is 0 Å². The monoisotopic (exact) mass is 332 g/mol. The van der Waals surface area contributed by atoms with Gasteiger partial charge in [-0.25, -0.2) is 4.39 Å². The lowest BCUT2D eigenvalue weighted by Crippen LogP contribution is -2.05. The zero-order valence-corrected chi connectivity index (χ0v) is 12.1. The van der Waals surface area contributed by atoms with Crippen molar-refractivity contribution in [3.05, 3.63) is 58.9 Å². The van der Waals surface area contributed by atoms with Crippen LogP contribution in [0.1, 0.15) is 22.1 Å². The van der Waals surface area contributed by atoms with E-state index in [1.807, 2.05) is 0 Å². The Morgan fingerprint density at radius 2 is 1.81 bits per heavy atom. The summed E-state index contributed by atoms with van der Waals surface area (Å²) in [5, 5.41) is -0.457. The minimum Gasteiger partial charge on any atom is -0.207 e. The maximum atomic E-state index is 13.3. The largest absolute Gasteiger partial charge is 0.416 e. The summed E-state index contributed by atoms with van der Waals surface area (Å²) in [7, 11) is 0. The zero-order chi connectivity index (χ0) is 15.2. The van der Waals surface area contributed by atoms with E-state index in [0.717, 1.165) is 17.7 Å². The third-order valence-electron chi connectivity index (χ3n) is 3.32. The second kappa shape index (κ2) is 5.21. The highest BCUT2D eigenvalue weighted by Crippen LogP contribution is 2.44. The predicted molar refractivity (Wildman–Crippen MR) is 74.3 cm³/mol. The Morgan fingerprint density at radius 1 is 1.05 bits per heavy atom. The molecule has 0 nitrogen and oxygen atoms in total. The van der Waals surface area contributed by atoms with Crippen LogP contribution in [0.3, 0.4) is 0 Å². The number of hydrogen-bond donors (Lipinski definition) is 0. The van der Waals surface area contributed by atoms with E-state index < -0.39 is 22.9 Å². The summed E-state index contributed by atoms with van der Waals surface area (Å²) in [5.74, 6) is -0.401. The summed E-state index contributed by atoms with van der Waals surface area (Å²) in [5.41, 5.74) is 0.668. The fourth-order valence-corrected chi connectivity index (χ4v) is 3.84. The molecule has 0 amide bonds. The van der Waals surface area contributed by atoms with Crippen LogP contribution in [-0.4, -0.2) is 0 Å². The lowest BCUT2D eigenvalue weighted by Gasteiger charge is -2.11. The average molecular weight is 333 g/mol. The summed E-state index contributed by atoms with van der Waals surface area (Å²) in [6.07, 6.45) is -4.01. The standard InChI is InChI=1S/C15H9ClF4S/c16-12-5-8-1-2-9(15(18,19)20)6-14(8)21-13-4-3-10(17)7-11(12)13/h1-4,6-7,12H,5H2. The molecule has 1 heterocycles. The topological polar surface area (TPSA) is 0 Å². The number of halogens is 5. The molecule has 0 bridgehead atoms. The molecule has 6 heteroatoms. The van der Waals surface area contributed by atoms with Crippen LogP contribution in [-0.2, 0) is 12.6 Å². The molecule has 2 aromatic rings. The Hall–Kier alpha value is -1.20. The molecular weight excluding hydrogens is 324 g/mol. The lowest BCUT2D eigenvalue weighted by molar-refractivity contribution is -0.137. The van der Waals surface area contributed by atoms with E-state index in [2.05, 4.69) is 0 Å². The van der Waals surface area contributed by atoms with Gasteiger partial charge in [-0.3, -0.25) is 0 Å². The number of benzene rings is 2. The van der Waals surface area contributed by atoms with Crippen LogP contribution >= 0.6 is 23.4 Å². The van der Waals surface area contributed by atoms with E-state index in [1.54, 1.807) is 6.07 Å². The molecule has 0 saturated carbocycles. The molecule has 110 valence electrons. The maximum absolute atomic E-state index is 13.3. The van der Waals surface area contributed by atoms with Crippen LogP contribution in [0.25, 0.3) is 0 Å². The third kappa shape index (κ3) is 2.90. The number of fused-ring (bicyclic) bond motifs is 2. The van der Waals surface area contributed by atoms with Crippen molar-refractivity contribution in [3.8, 4) is 0 Å². The Balaban J connectivity index is 2.09. The van der Waals surface area contributed by atoms with Crippen molar-refractivity contribution >= 4 is 23.4 Å². The maximum Gasteiger partial charge on any atom is 0.416 e. The van der Waals surface area contributed by atoms with Gasteiger partial charge in [-0.15, -0.1) is 11.6 Å². The number of alkyl halides is 4. The van der Waals surface area contributed by atoms with Crippen LogP contribution < -0.4 is 0 Å². The molecule has 2 aromatic carbocycles. The molecule has 1 aliphatic heterocycles. The number of hydrogen-bond acceptors (Lipinski definition) is 1. The molecule has 0 N–H and O–H groups in total. The van der Waals surface area contributed by atoms with Crippen molar-refractivity contribution in [1.82, 2.24) is 0 Å². The minimum absolute atomic E-state index is 0.373. The van der Waals surface area contributed by atoms with Gasteiger partial charge >= 0.3 is 6.18 Å². The van der Waals surface area contributed by atoms with Crippen molar-refractivity contribution in [2.45, 2.75) is 27.8 Å². The van der Waals surface area contributed by atoms with Gasteiger partial charge in [0.15, 0.2) is 0 Å². The van der Waals surface area contributed by atoms with Gasteiger partial charge in [0.25, 0.3) is 0 Å². The first kappa shape index (κ1) is 14.7. The Morgan fingerprint density at radius 3 is 2.52 bits per heavy atom. The van der Waals surface area contributed by atoms with E-state index in [1.165, 1.54) is 30.0 Å². The average Bonchev–Trinajstić information content (AvgIpc) is 2.53. The van der Waals surface area contributed by atoms with Crippen molar-refractivity contribution in [2.24, 2.45) is 0 Å². The summed E-state index contributed by atoms with van der Waals surface area (Å²) in [4.78, 5) is 1.20.